The van der Waals surface area contributed by atoms with Crippen LogP contribution < -0.4 is 0 Å². The molecule has 0 aliphatic rings. The number of carbonyl (C=O) groups excluding carboxylic acids is 1. The van der Waals surface area contributed by atoms with E-state index in [9.17, 15) is 14.3 Å². The van der Waals surface area contributed by atoms with Crippen molar-refractivity contribution in [3.05, 3.63) is 53.9 Å². The first-order valence-corrected chi connectivity index (χ1v) is 6.22. The van der Waals surface area contributed by atoms with Crippen molar-refractivity contribution in [1.82, 2.24) is 9.55 Å². The Morgan fingerprint density at radius 1 is 1.45 bits per heavy atom. The largest absolute Gasteiger partial charge is 0.461 e. The van der Waals surface area contributed by atoms with Gasteiger partial charge < -0.3 is 14.4 Å². The molecule has 1 heterocycles. The van der Waals surface area contributed by atoms with E-state index in [0.29, 0.717) is 5.56 Å². The molecule has 0 fully saturated rings. The molecule has 20 heavy (non-hydrogen) atoms. The van der Waals surface area contributed by atoms with Crippen LogP contribution in [0.4, 0.5) is 4.39 Å². The first-order chi connectivity index (χ1) is 9.67. The number of halogens is 1. The van der Waals surface area contributed by atoms with Gasteiger partial charge in [-0.2, -0.15) is 0 Å². The molecule has 0 aliphatic carbocycles. The number of aliphatic hydroxyl groups is 1. The molecule has 0 saturated carbocycles. The first-order valence-electron chi connectivity index (χ1n) is 6.22. The lowest BCUT2D eigenvalue weighted by Gasteiger charge is -2.18. The molecule has 2 rings (SSSR count). The van der Waals surface area contributed by atoms with Gasteiger partial charge in [-0.05, 0) is 24.6 Å². The number of benzene rings is 1. The number of esters is 1. The summed E-state index contributed by atoms with van der Waals surface area (Å²) in [5, 5.41) is 9.56. The summed E-state index contributed by atoms with van der Waals surface area (Å²) in [5.41, 5.74) is 0.924. The van der Waals surface area contributed by atoms with Crippen molar-refractivity contribution in [3.8, 4) is 0 Å². The molecule has 6 heteroatoms. The van der Waals surface area contributed by atoms with Crippen molar-refractivity contribution < 1.29 is 19.0 Å². The quantitative estimate of drug-likeness (QED) is 0.847. The second-order valence-electron chi connectivity index (χ2n) is 4.16. The second kappa shape index (κ2) is 6.29. The summed E-state index contributed by atoms with van der Waals surface area (Å²) < 4.78 is 19.4. The Bertz CT molecular complexity index is 580. The Morgan fingerprint density at radius 3 is 2.75 bits per heavy atom. The van der Waals surface area contributed by atoms with Crippen molar-refractivity contribution >= 4 is 5.97 Å². The van der Waals surface area contributed by atoms with Gasteiger partial charge in [0.1, 0.15) is 11.5 Å². The van der Waals surface area contributed by atoms with Gasteiger partial charge in [-0.15, -0.1) is 0 Å². The number of hydrogen-bond acceptors (Lipinski definition) is 4. The molecule has 0 spiro atoms. The fraction of sp³-hybridized carbons (Fsp3) is 0.286. The van der Waals surface area contributed by atoms with E-state index < -0.39 is 12.0 Å². The van der Waals surface area contributed by atoms with Crippen molar-refractivity contribution in [2.75, 3.05) is 13.2 Å². The molecular weight excluding hydrogens is 263 g/mol. The summed E-state index contributed by atoms with van der Waals surface area (Å²) in [6, 6.07) is 5.21. The number of carbonyl (C=O) groups is 1. The molecule has 2 aromatic rings. The van der Waals surface area contributed by atoms with Crippen molar-refractivity contribution in [2.45, 2.75) is 13.0 Å². The van der Waals surface area contributed by atoms with E-state index in [1.54, 1.807) is 19.1 Å². The number of aromatic nitrogens is 2. The van der Waals surface area contributed by atoms with Crippen LogP contribution in [0.5, 0.6) is 0 Å². The maximum absolute atomic E-state index is 12.9. The van der Waals surface area contributed by atoms with Gasteiger partial charge in [-0.25, -0.2) is 14.2 Å². The standard InChI is InChI=1S/C14H15FN2O3/c1-2-20-14(19)12-7-16-9-17(12)13(8-18)10-3-5-11(15)6-4-10/h3-7,9,13,18H,2,8H2,1H3. The van der Waals surface area contributed by atoms with E-state index in [1.807, 2.05) is 0 Å². The molecule has 1 N–H and O–H groups in total. The van der Waals surface area contributed by atoms with Gasteiger partial charge in [0.2, 0.25) is 0 Å². The fourth-order valence-corrected chi connectivity index (χ4v) is 1.96. The number of rotatable bonds is 5. The Hall–Kier alpha value is -2.21. The predicted molar refractivity (Wildman–Crippen MR) is 69.8 cm³/mol. The third-order valence-corrected chi connectivity index (χ3v) is 2.91. The maximum Gasteiger partial charge on any atom is 0.356 e. The topological polar surface area (TPSA) is 64.3 Å². The second-order valence-corrected chi connectivity index (χ2v) is 4.16. The van der Waals surface area contributed by atoms with E-state index in [4.69, 9.17) is 4.74 Å². The van der Waals surface area contributed by atoms with E-state index >= 15 is 0 Å². The third-order valence-electron chi connectivity index (χ3n) is 2.91. The molecule has 1 unspecified atom stereocenters. The van der Waals surface area contributed by atoms with Gasteiger partial charge in [0.25, 0.3) is 0 Å². The van der Waals surface area contributed by atoms with Crippen LogP contribution in [0.1, 0.15) is 29.0 Å². The SMILES string of the molecule is CCOC(=O)c1cncn1C(CO)c1ccc(F)cc1. The highest BCUT2D eigenvalue weighted by Crippen LogP contribution is 2.20. The summed E-state index contributed by atoms with van der Waals surface area (Å²) >= 11 is 0. The van der Waals surface area contributed by atoms with Crippen LogP contribution in [-0.4, -0.2) is 33.8 Å². The smallest absolute Gasteiger partial charge is 0.356 e. The van der Waals surface area contributed by atoms with Gasteiger partial charge >= 0.3 is 5.97 Å². The van der Waals surface area contributed by atoms with Gasteiger partial charge in [-0.1, -0.05) is 12.1 Å². The number of hydrogen-bond donors (Lipinski definition) is 1. The molecule has 0 aliphatic heterocycles. The summed E-state index contributed by atoms with van der Waals surface area (Å²) in [4.78, 5) is 15.7. The number of nitrogens with zero attached hydrogens (tertiary/aromatic N) is 2. The van der Waals surface area contributed by atoms with Crippen LogP contribution in [0, 0.1) is 5.82 Å². The van der Waals surface area contributed by atoms with Gasteiger partial charge in [0.05, 0.1) is 31.8 Å². The average molecular weight is 278 g/mol. The predicted octanol–water partition coefficient (Wildman–Crippen LogP) is 1.78. The van der Waals surface area contributed by atoms with Crippen LogP contribution in [-0.2, 0) is 4.74 Å². The zero-order valence-electron chi connectivity index (χ0n) is 11.0. The molecule has 0 amide bonds. The normalized spacial score (nSPS) is 12.2. The van der Waals surface area contributed by atoms with Crippen LogP contribution in [0.25, 0.3) is 0 Å². The summed E-state index contributed by atoms with van der Waals surface area (Å²) in [6.45, 7) is 1.72. The Morgan fingerprint density at radius 2 is 2.15 bits per heavy atom. The molecule has 106 valence electrons. The molecular formula is C14H15FN2O3. The van der Waals surface area contributed by atoms with Crippen LogP contribution in [0.2, 0.25) is 0 Å². The maximum atomic E-state index is 12.9. The minimum Gasteiger partial charge on any atom is -0.461 e. The fourth-order valence-electron chi connectivity index (χ4n) is 1.96. The highest BCUT2D eigenvalue weighted by atomic mass is 19.1. The van der Waals surface area contributed by atoms with E-state index in [2.05, 4.69) is 4.98 Å². The Kier molecular flexibility index (Phi) is 4.47. The number of imidazole rings is 1. The van der Waals surface area contributed by atoms with Crippen LogP contribution in [0.3, 0.4) is 0 Å². The van der Waals surface area contributed by atoms with E-state index in [1.165, 1.54) is 29.2 Å². The lowest BCUT2D eigenvalue weighted by Crippen LogP contribution is -2.20. The monoisotopic (exact) mass is 278 g/mol. The average Bonchev–Trinajstić information content (AvgIpc) is 2.91. The van der Waals surface area contributed by atoms with Gasteiger partial charge in [-0.3, -0.25) is 0 Å². The van der Waals surface area contributed by atoms with Crippen LogP contribution in [0.15, 0.2) is 36.8 Å². The molecule has 1 aromatic heterocycles. The zero-order chi connectivity index (χ0) is 14.5. The van der Waals surface area contributed by atoms with Gasteiger partial charge in [0, 0.05) is 0 Å². The Balaban J connectivity index is 2.35. The minimum atomic E-state index is -0.516. The van der Waals surface area contributed by atoms with E-state index in [-0.39, 0.29) is 24.7 Å². The summed E-state index contributed by atoms with van der Waals surface area (Å²) in [7, 11) is 0. The molecule has 0 saturated heterocycles. The lowest BCUT2D eigenvalue weighted by molar-refractivity contribution is 0.0510. The molecule has 1 aromatic carbocycles. The minimum absolute atomic E-state index is 0.242. The zero-order valence-corrected chi connectivity index (χ0v) is 11.0. The first kappa shape index (κ1) is 14.2. The third kappa shape index (κ3) is 2.85. The summed E-state index contributed by atoms with van der Waals surface area (Å²) in [6.07, 6.45) is 2.82. The van der Waals surface area contributed by atoms with Crippen molar-refractivity contribution in [2.24, 2.45) is 0 Å². The molecule has 1 atom stereocenters. The molecule has 0 radical (unpaired) electrons. The van der Waals surface area contributed by atoms with Crippen LogP contribution >= 0.6 is 0 Å². The molecule has 5 nitrogen and oxygen atoms in total. The van der Waals surface area contributed by atoms with Gasteiger partial charge in [0.15, 0.2) is 0 Å². The van der Waals surface area contributed by atoms with E-state index in [0.717, 1.165) is 0 Å². The Labute approximate surface area is 115 Å². The van der Waals surface area contributed by atoms with Crippen molar-refractivity contribution in [1.29, 1.82) is 0 Å². The number of ether oxygens (including phenoxy) is 1. The lowest BCUT2D eigenvalue weighted by atomic mass is 10.1. The number of aliphatic hydroxyl groups excluding tert-OH is 1. The highest BCUT2D eigenvalue weighted by molar-refractivity contribution is 5.87. The molecule has 0 bridgehead atoms. The highest BCUT2D eigenvalue weighted by Gasteiger charge is 2.20. The summed E-state index contributed by atoms with van der Waals surface area (Å²) in [5.74, 6) is -0.868. The van der Waals surface area contributed by atoms with Crippen molar-refractivity contribution in [3.63, 3.8) is 0 Å².